The Bertz CT molecular complexity index is 523. The molecule has 0 spiro atoms. The topological polar surface area (TPSA) is 15.3 Å². The Balaban J connectivity index is 1.72. The lowest BCUT2D eigenvalue weighted by molar-refractivity contribution is -0.0328. The van der Waals surface area contributed by atoms with E-state index in [1.165, 1.54) is 32.1 Å². The molecule has 24 heavy (non-hydrogen) atoms. The lowest BCUT2D eigenvalue weighted by Crippen LogP contribution is -2.44. The molecule has 1 aliphatic carbocycles. The number of nitrogens with zero attached hydrogens (tertiary/aromatic N) is 1. The first-order valence-corrected chi connectivity index (χ1v) is 9.64. The van der Waals surface area contributed by atoms with Gasteiger partial charge in [-0.15, -0.1) is 0 Å². The van der Waals surface area contributed by atoms with Gasteiger partial charge < -0.3 is 5.32 Å². The quantitative estimate of drug-likeness (QED) is 0.762. The smallest absolute Gasteiger partial charge is 0.315 e. The van der Waals surface area contributed by atoms with Gasteiger partial charge in [-0.05, 0) is 55.3 Å². The highest BCUT2D eigenvalue weighted by atomic mass is 32.2. The van der Waals surface area contributed by atoms with Crippen LogP contribution >= 0.6 is 11.8 Å². The average molecular weight is 358 g/mol. The molecule has 1 saturated heterocycles. The zero-order valence-electron chi connectivity index (χ0n) is 13.8. The summed E-state index contributed by atoms with van der Waals surface area (Å²) in [5.74, 6) is 0. The molecule has 2 aliphatic rings. The van der Waals surface area contributed by atoms with Gasteiger partial charge in [0, 0.05) is 30.1 Å². The Morgan fingerprint density at radius 3 is 2.54 bits per heavy atom. The van der Waals surface area contributed by atoms with Gasteiger partial charge in [0.1, 0.15) is 0 Å². The van der Waals surface area contributed by atoms with E-state index >= 15 is 0 Å². The van der Waals surface area contributed by atoms with Gasteiger partial charge in [0.15, 0.2) is 0 Å². The number of thioether (sulfide) groups is 1. The van der Waals surface area contributed by atoms with Gasteiger partial charge in [0.25, 0.3) is 0 Å². The molecule has 134 valence electrons. The zero-order chi connectivity index (χ0) is 17.0. The molecule has 1 aliphatic heterocycles. The summed E-state index contributed by atoms with van der Waals surface area (Å²) in [7, 11) is 0. The van der Waals surface area contributed by atoms with Gasteiger partial charge >= 0.3 is 5.51 Å². The van der Waals surface area contributed by atoms with Gasteiger partial charge in [-0.3, -0.25) is 4.90 Å². The molecule has 1 saturated carbocycles. The predicted molar refractivity (Wildman–Crippen MR) is 92.0 cm³/mol. The van der Waals surface area contributed by atoms with Crippen molar-refractivity contribution in [3.8, 4) is 0 Å². The van der Waals surface area contributed by atoms with E-state index in [1.807, 2.05) is 6.07 Å². The molecular formula is C18H25F3N2S. The molecule has 1 atom stereocenters. The van der Waals surface area contributed by atoms with Crippen molar-refractivity contribution in [3.05, 3.63) is 29.8 Å². The summed E-state index contributed by atoms with van der Waals surface area (Å²) in [6.45, 7) is 2.79. The highest BCUT2D eigenvalue weighted by molar-refractivity contribution is 8.00. The van der Waals surface area contributed by atoms with Crippen molar-refractivity contribution in [1.82, 2.24) is 10.2 Å². The average Bonchev–Trinajstić information content (AvgIpc) is 3.06. The predicted octanol–water partition coefficient (Wildman–Crippen LogP) is 4.80. The molecule has 0 radical (unpaired) electrons. The van der Waals surface area contributed by atoms with E-state index in [0.717, 1.165) is 31.6 Å². The summed E-state index contributed by atoms with van der Waals surface area (Å²) in [5, 5.41) is 3.43. The number of rotatable bonds is 5. The number of halogens is 3. The second-order valence-electron chi connectivity index (χ2n) is 6.81. The maximum Gasteiger partial charge on any atom is 0.446 e. The monoisotopic (exact) mass is 358 g/mol. The highest BCUT2D eigenvalue weighted by Gasteiger charge is 2.31. The molecule has 1 aromatic rings. The number of hydrogen-bond donors (Lipinski definition) is 1. The first-order chi connectivity index (χ1) is 11.5. The van der Waals surface area contributed by atoms with Gasteiger partial charge in [0.05, 0.1) is 0 Å². The fraction of sp³-hybridized carbons (Fsp3) is 0.667. The molecule has 2 fully saturated rings. The fourth-order valence-corrected chi connectivity index (χ4v) is 4.57. The maximum absolute atomic E-state index is 12.6. The van der Waals surface area contributed by atoms with Crippen LogP contribution in [-0.4, -0.2) is 35.6 Å². The van der Waals surface area contributed by atoms with Crippen molar-refractivity contribution < 1.29 is 13.2 Å². The molecular weight excluding hydrogens is 333 g/mol. The normalized spacial score (nSPS) is 23.1. The van der Waals surface area contributed by atoms with Crippen LogP contribution < -0.4 is 5.32 Å². The molecule has 3 rings (SSSR count). The zero-order valence-corrected chi connectivity index (χ0v) is 14.6. The first kappa shape index (κ1) is 18.1. The third-order valence-corrected chi connectivity index (χ3v) is 5.77. The minimum Gasteiger partial charge on any atom is -0.315 e. The van der Waals surface area contributed by atoms with E-state index in [4.69, 9.17) is 0 Å². The van der Waals surface area contributed by atoms with Crippen molar-refractivity contribution in [3.63, 3.8) is 0 Å². The van der Waals surface area contributed by atoms with Gasteiger partial charge in [0.2, 0.25) is 0 Å². The van der Waals surface area contributed by atoms with Crippen molar-refractivity contribution in [2.45, 2.75) is 67.6 Å². The Morgan fingerprint density at radius 2 is 1.88 bits per heavy atom. The van der Waals surface area contributed by atoms with E-state index < -0.39 is 5.51 Å². The first-order valence-electron chi connectivity index (χ1n) is 8.82. The Morgan fingerprint density at radius 1 is 1.08 bits per heavy atom. The van der Waals surface area contributed by atoms with Crippen LogP contribution in [0.2, 0.25) is 0 Å². The van der Waals surface area contributed by atoms with Crippen molar-refractivity contribution in [2.24, 2.45) is 0 Å². The Hall–Kier alpha value is -0.720. The fourth-order valence-electron chi connectivity index (χ4n) is 3.94. The summed E-state index contributed by atoms with van der Waals surface area (Å²) in [6.07, 6.45) is 7.41. The van der Waals surface area contributed by atoms with E-state index in [0.29, 0.717) is 12.1 Å². The summed E-state index contributed by atoms with van der Waals surface area (Å²) in [4.78, 5) is 2.84. The standard InChI is InChI=1S/C18H25F3N2S/c19-18(20,21)24-17-8-4-5-14(11-17)13-23(16-9-10-22-12-16)15-6-2-1-3-7-15/h4-5,8,11,15-16,22H,1-3,6-7,9-10,12-13H2/t16-/m0/s1. The largest absolute Gasteiger partial charge is 0.446 e. The summed E-state index contributed by atoms with van der Waals surface area (Å²) < 4.78 is 37.8. The van der Waals surface area contributed by atoms with Crippen LogP contribution in [0.25, 0.3) is 0 Å². The van der Waals surface area contributed by atoms with Crippen molar-refractivity contribution in [1.29, 1.82) is 0 Å². The molecule has 0 aromatic heterocycles. The second kappa shape index (κ2) is 8.11. The lowest BCUT2D eigenvalue weighted by atomic mass is 9.92. The van der Waals surface area contributed by atoms with Crippen LogP contribution in [-0.2, 0) is 6.54 Å². The van der Waals surface area contributed by atoms with Gasteiger partial charge in [-0.25, -0.2) is 0 Å². The molecule has 1 heterocycles. The Kier molecular flexibility index (Phi) is 6.11. The lowest BCUT2D eigenvalue weighted by Gasteiger charge is -2.38. The molecule has 1 N–H and O–H groups in total. The van der Waals surface area contributed by atoms with E-state index in [-0.39, 0.29) is 16.7 Å². The van der Waals surface area contributed by atoms with Crippen LogP contribution in [0.5, 0.6) is 0 Å². The van der Waals surface area contributed by atoms with E-state index in [9.17, 15) is 13.2 Å². The molecule has 0 amide bonds. The number of hydrogen-bond acceptors (Lipinski definition) is 3. The molecule has 0 unspecified atom stereocenters. The van der Waals surface area contributed by atoms with Crippen molar-refractivity contribution in [2.75, 3.05) is 13.1 Å². The number of nitrogens with one attached hydrogen (secondary N) is 1. The number of alkyl halides is 3. The number of benzene rings is 1. The van der Waals surface area contributed by atoms with Crippen molar-refractivity contribution >= 4 is 11.8 Å². The minimum absolute atomic E-state index is 0.0210. The summed E-state index contributed by atoms with van der Waals surface area (Å²) in [5.41, 5.74) is -3.24. The maximum atomic E-state index is 12.6. The third-order valence-electron chi connectivity index (χ3n) is 5.04. The van der Waals surface area contributed by atoms with Crippen LogP contribution in [0, 0.1) is 0 Å². The highest BCUT2D eigenvalue weighted by Crippen LogP contribution is 2.37. The van der Waals surface area contributed by atoms with Crippen LogP contribution in [0.4, 0.5) is 13.2 Å². The van der Waals surface area contributed by atoms with Gasteiger partial charge in [-0.1, -0.05) is 31.4 Å². The minimum atomic E-state index is -4.23. The summed E-state index contributed by atoms with van der Waals surface area (Å²) >= 11 is -0.0210. The van der Waals surface area contributed by atoms with Crippen LogP contribution in [0.3, 0.4) is 0 Å². The molecule has 0 bridgehead atoms. The van der Waals surface area contributed by atoms with E-state index in [2.05, 4.69) is 10.2 Å². The summed E-state index contributed by atoms with van der Waals surface area (Å²) in [6, 6.07) is 8.03. The van der Waals surface area contributed by atoms with Crippen LogP contribution in [0.15, 0.2) is 29.2 Å². The molecule has 2 nitrogen and oxygen atoms in total. The van der Waals surface area contributed by atoms with Crippen LogP contribution in [0.1, 0.15) is 44.1 Å². The Labute approximate surface area is 146 Å². The SMILES string of the molecule is FC(F)(F)Sc1cccc(CN(C2CCCCC2)[C@H]2CCNC2)c1. The third kappa shape index (κ3) is 5.14. The van der Waals surface area contributed by atoms with Gasteiger partial charge in [-0.2, -0.15) is 13.2 Å². The molecule has 6 heteroatoms. The molecule has 1 aromatic carbocycles. The second-order valence-corrected chi connectivity index (χ2v) is 7.94. The van der Waals surface area contributed by atoms with E-state index in [1.54, 1.807) is 18.2 Å².